The molecule has 0 aliphatic carbocycles. The Kier molecular flexibility index (Phi) is 3.03. The van der Waals surface area contributed by atoms with Crippen LogP contribution in [-0.4, -0.2) is 30.1 Å². The van der Waals surface area contributed by atoms with Crippen LogP contribution in [0.3, 0.4) is 0 Å². The van der Waals surface area contributed by atoms with Crippen LogP contribution in [-0.2, 0) is 11.3 Å². The summed E-state index contributed by atoms with van der Waals surface area (Å²) < 4.78 is 21.0. The fourth-order valence-corrected chi connectivity index (χ4v) is 2.05. The van der Waals surface area contributed by atoms with Gasteiger partial charge in [-0.05, 0) is 12.1 Å². The Hall–Kier alpha value is -2.54. The lowest BCUT2D eigenvalue weighted by molar-refractivity contribution is 0.0686. The van der Waals surface area contributed by atoms with Crippen LogP contribution in [0.2, 0.25) is 0 Å². The van der Waals surface area contributed by atoms with Gasteiger partial charge >= 0.3 is 5.97 Å². The van der Waals surface area contributed by atoms with Gasteiger partial charge in [0.25, 0.3) is 0 Å². The molecule has 0 radical (unpaired) electrons. The molecule has 104 valence electrons. The average Bonchev–Trinajstić information content (AvgIpc) is 3.08. The zero-order valence-corrected chi connectivity index (χ0v) is 10.6. The summed E-state index contributed by atoms with van der Waals surface area (Å²) in [7, 11) is 1.56. The molecule has 1 aromatic carbocycles. The number of aromatic nitrogens is 1. The van der Waals surface area contributed by atoms with E-state index in [1.807, 2.05) is 0 Å². The summed E-state index contributed by atoms with van der Waals surface area (Å²) in [4.78, 5) is 10.9. The first-order chi connectivity index (χ1) is 9.70. The molecular weight excluding hydrogens is 266 g/mol. The minimum absolute atomic E-state index is 0.145. The second-order valence-electron chi connectivity index (χ2n) is 4.14. The van der Waals surface area contributed by atoms with Gasteiger partial charge in [-0.2, -0.15) is 0 Å². The molecule has 0 amide bonds. The molecule has 0 saturated heterocycles. The molecule has 20 heavy (non-hydrogen) atoms. The number of rotatable bonds is 4. The first-order valence-electron chi connectivity index (χ1n) is 5.81. The van der Waals surface area contributed by atoms with Gasteiger partial charge in [0.05, 0.1) is 6.61 Å². The summed E-state index contributed by atoms with van der Waals surface area (Å²) in [5.41, 5.74) is 1.24. The van der Waals surface area contributed by atoms with E-state index in [1.165, 1.54) is 6.07 Å². The summed E-state index contributed by atoms with van der Waals surface area (Å²) in [5.74, 6) is 0.401. The van der Waals surface area contributed by atoms with Crippen molar-refractivity contribution < 1.29 is 28.6 Å². The van der Waals surface area contributed by atoms with E-state index < -0.39 is 5.97 Å². The number of carboxylic acid groups (broad SMARTS) is 1. The van der Waals surface area contributed by atoms with E-state index in [0.29, 0.717) is 22.8 Å². The number of hydrogen-bond acceptors (Lipinski definition) is 6. The van der Waals surface area contributed by atoms with Gasteiger partial charge in [0, 0.05) is 24.3 Å². The van der Waals surface area contributed by atoms with Crippen LogP contribution in [0.1, 0.15) is 16.1 Å². The smallest absolute Gasteiger partial charge is 0.358 e. The Morgan fingerprint density at radius 1 is 1.45 bits per heavy atom. The molecule has 2 aromatic rings. The number of hydrogen-bond donors (Lipinski definition) is 1. The predicted molar refractivity (Wildman–Crippen MR) is 65.7 cm³/mol. The number of fused-ring (bicyclic) bond motifs is 1. The second-order valence-corrected chi connectivity index (χ2v) is 4.14. The van der Waals surface area contributed by atoms with Crippen molar-refractivity contribution in [1.29, 1.82) is 0 Å². The van der Waals surface area contributed by atoms with Crippen molar-refractivity contribution in [2.24, 2.45) is 0 Å². The van der Waals surface area contributed by atoms with Crippen LogP contribution in [0.15, 0.2) is 22.7 Å². The number of carboxylic acids is 1. The molecule has 0 fully saturated rings. The summed E-state index contributed by atoms with van der Waals surface area (Å²) in [6, 6.07) is 4.85. The highest BCUT2D eigenvalue weighted by Gasteiger charge is 2.24. The minimum Gasteiger partial charge on any atom is -0.476 e. The molecule has 1 aromatic heterocycles. The lowest BCUT2D eigenvalue weighted by Crippen LogP contribution is -1.97. The summed E-state index contributed by atoms with van der Waals surface area (Å²) in [6.07, 6.45) is 0. The number of benzene rings is 1. The van der Waals surface area contributed by atoms with Crippen molar-refractivity contribution in [2.45, 2.75) is 6.61 Å². The molecular formula is C13H11NO6. The van der Waals surface area contributed by atoms with Crippen LogP contribution >= 0.6 is 0 Å². The third-order valence-electron chi connectivity index (χ3n) is 2.93. The van der Waals surface area contributed by atoms with E-state index in [4.69, 9.17) is 23.8 Å². The van der Waals surface area contributed by atoms with Crippen molar-refractivity contribution in [3.63, 3.8) is 0 Å². The highest BCUT2D eigenvalue weighted by atomic mass is 16.7. The van der Waals surface area contributed by atoms with Crippen molar-refractivity contribution in [3.05, 3.63) is 29.5 Å². The van der Waals surface area contributed by atoms with Crippen LogP contribution < -0.4 is 9.47 Å². The van der Waals surface area contributed by atoms with Gasteiger partial charge < -0.3 is 23.8 Å². The van der Waals surface area contributed by atoms with Gasteiger partial charge in [-0.1, -0.05) is 5.16 Å². The second kappa shape index (κ2) is 4.86. The van der Waals surface area contributed by atoms with Gasteiger partial charge in [-0.25, -0.2) is 4.79 Å². The Morgan fingerprint density at radius 2 is 2.30 bits per heavy atom. The van der Waals surface area contributed by atoms with E-state index >= 15 is 0 Å². The van der Waals surface area contributed by atoms with E-state index in [0.717, 1.165) is 5.56 Å². The quantitative estimate of drug-likeness (QED) is 0.912. The van der Waals surface area contributed by atoms with E-state index in [1.54, 1.807) is 19.2 Å². The zero-order valence-electron chi connectivity index (χ0n) is 10.6. The van der Waals surface area contributed by atoms with E-state index in [2.05, 4.69) is 5.16 Å². The Bertz CT molecular complexity index is 663. The fraction of sp³-hybridized carbons (Fsp3) is 0.231. The molecule has 1 aliphatic rings. The largest absolute Gasteiger partial charge is 0.476 e. The van der Waals surface area contributed by atoms with Gasteiger partial charge in [0.1, 0.15) is 0 Å². The number of methoxy groups -OCH3 is 1. The van der Waals surface area contributed by atoms with Crippen molar-refractivity contribution >= 4 is 5.97 Å². The first kappa shape index (κ1) is 12.5. The summed E-state index contributed by atoms with van der Waals surface area (Å²) in [5, 5.41) is 12.4. The lowest BCUT2D eigenvalue weighted by atomic mass is 10.0. The standard InChI is InChI=1S/C13H11NO6/c1-17-5-8-7(2-3-10-12(8)19-6-18-10)11-4-9(13(15)16)14-20-11/h2-4H,5-6H2,1H3,(H,15,16). The fourth-order valence-electron chi connectivity index (χ4n) is 2.05. The molecule has 0 spiro atoms. The van der Waals surface area contributed by atoms with Crippen molar-refractivity contribution in [3.8, 4) is 22.8 Å². The van der Waals surface area contributed by atoms with Crippen LogP contribution in [0.5, 0.6) is 11.5 Å². The predicted octanol–water partition coefficient (Wildman–Crippen LogP) is 1.91. The summed E-state index contributed by atoms with van der Waals surface area (Å²) in [6.45, 7) is 0.428. The molecule has 1 N–H and O–H groups in total. The number of nitrogens with zero attached hydrogens (tertiary/aromatic N) is 1. The molecule has 7 heteroatoms. The number of carbonyl (C=O) groups is 1. The van der Waals surface area contributed by atoms with Gasteiger partial charge in [-0.3, -0.25) is 0 Å². The third-order valence-corrected chi connectivity index (χ3v) is 2.93. The Balaban J connectivity index is 2.10. The molecule has 7 nitrogen and oxygen atoms in total. The Morgan fingerprint density at radius 3 is 3.00 bits per heavy atom. The minimum atomic E-state index is -1.14. The maximum Gasteiger partial charge on any atom is 0.358 e. The molecule has 2 heterocycles. The van der Waals surface area contributed by atoms with E-state index in [-0.39, 0.29) is 19.1 Å². The van der Waals surface area contributed by atoms with E-state index in [9.17, 15) is 4.79 Å². The van der Waals surface area contributed by atoms with Crippen LogP contribution in [0.4, 0.5) is 0 Å². The monoisotopic (exact) mass is 277 g/mol. The van der Waals surface area contributed by atoms with Crippen LogP contribution in [0.25, 0.3) is 11.3 Å². The van der Waals surface area contributed by atoms with Gasteiger partial charge in [0.15, 0.2) is 23.0 Å². The van der Waals surface area contributed by atoms with Gasteiger partial charge in [-0.15, -0.1) is 0 Å². The molecule has 0 bridgehead atoms. The molecule has 0 saturated carbocycles. The highest BCUT2D eigenvalue weighted by Crippen LogP contribution is 2.41. The zero-order chi connectivity index (χ0) is 14.1. The topological polar surface area (TPSA) is 91.0 Å². The maximum absolute atomic E-state index is 10.9. The number of ether oxygens (including phenoxy) is 3. The Labute approximate surface area is 113 Å². The lowest BCUT2D eigenvalue weighted by Gasteiger charge is -2.09. The SMILES string of the molecule is COCc1c(-c2cc(C(=O)O)no2)ccc2c1OCO2. The molecule has 0 atom stereocenters. The average molecular weight is 277 g/mol. The molecule has 1 aliphatic heterocycles. The van der Waals surface area contributed by atoms with Crippen LogP contribution in [0, 0.1) is 0 Å². The molecule has 0 unspecified atom stereocenters. The van der Waals surface area contributed by atoms with Crippen molar-refractivity contribution in [2.75, 3.05) is 13.9 Å². The summed E-state index contributed by atoms with van der Waals surface area (Å²) >= 11 is 0. The molecule has 3 rings (SSSR count). The third kappa shape index (κ3) is 1.97. The number of aromatic carboxylic acids is 1. The first-order valence-corrected chi connectivity index (χ1v) is 5.81. The highest BCUT2D eigenvalue weighted by molar-refractivity contribution is 5.86. The van der Waals surface area contributed by atoms with Crippen molar-refractivity contribution in [1.82, 2.24) is 5.16 Å². The normalized spacial score (nSPS) is 12.7. The maximum atomic E-state index is 10.9. The van der Waals surface area contributed by atoms with Gasteiger partial charge in [0.2, 0.25) is 6.79 Å².